The molecule has 2 aliphatic rings. The van der Waals surface area contributed by atoms with Gasteiger partial charge in [-0.1, -0.05) is 12.1 Å². The number of amides is 2. The van der Waals surface area contributed by atoms with Crippen LogP contribution in [0.3, 0.4) is 0 Å². The first-order chi connectivity index (χ1) is 15.5. The van der Waals surface area contributed by atoms with Crippen LogP contribution in [0.15, 0.2) is 48.5 Å². The Morgan fingerprint density at radius 2 is 1.44 bits per heavy atom. The maximum atomic E-state index is 13.2. The normalized spacial score (nSPS) is 19.6. The van der Waals surface area contributed by atoms with Gasteiger partial charge in [-0.2, -0.15) is 0 Å². The molecule has 170 valence electrons. The first kappa shape index (κ1) is 22.2. The van der Waals surface area contributed by atoms with Crippen LogP contribution in [0.4, 0.5) is 14.5 Å². The minimum absolute atomic E-state index is 0.0209. The van der Waals surface area contributed by atoms with Gasteiger partial charge in [0.1, 0.15) is 11.6 Å². The van der Waals surface area contributed by atoms with Crippen LogP contribution in [-0.4, -0.2) is 60.9 Å². The van der Waals surface area contributed by atoms with E-state index >= 15 is 0 Å². The molecule has 0 bridgehead atoms. The van der Waals surface area contributed by atoms with Crippen LogP contribution >= 0.6 is 0 Å². The Balaban J connectivity index is 1.32. The molecule has 0 radical (unpaired) electrons. The van der Waals surface area contributed by atoms with Crippen LogP contribution < -0.4 is 4.90 Å². The maximum absolute atomic E-state index is 13.2. The zero-order chi connectivity index (χ0) is 22.5. The van der Waals surface area contributed by atoms with E-state index in [0.29, 0.717) is 32.7 Å². The zero-order valence-corrected chi connectivity index (χ0v) is 18.2. The Hall–Kier alpha value is -2.96. The van der Waals surface area contributed by atoms with E-state index in [1.807, 2.05) is 4.90 Å². The molecule has 2 heterocycles. The second kappa shape index (κ2) is 10.1. The van der Waals surface area contributed by atoms with Gasteiger partial charge in [-0.05, 0) is 61.2 Å². The Labute approximate surface area is 187 Å². The molecule has 2 aromatic rings. The molecule has 1 unspecified atom stereocenters. The summed E-state index contributed by atoms with van der Waals surface area (Å²) in [6.45, 7) is 3.94. The summed E-state index contributed by atoms with van der Waals surface area (Å²) in [6.07, 6.45) is 2.67. The minimum Gasteiger partial charge on any atom is -0.370 e. The fourth-order valence-corrected chi connectivity index (χ4v) is 4.60. The van der Waals surface area contributed by atoms with E-state index < -0.39 is 0 Å². The number of halogens is 2. The lowest BCUT2D eigenvalue weighted by atomic mass is 9.95. The highest BCUT2D eigenvalue weighted by molar-refractivity contribution is 5.82. The molecule has 2 aliphatic heterocycles. The molecule has 32 heavy (non-hydrogen) atoms. The van der Waals surface area contributed by atoms with E-state index in [0.717, 1.165) is 37.1 Å². The number of rotatable bonds is 4. The minimum atomic E-state index is -0.319. The van der Waals surface area contributed by atoms with Gasteiger partial charge in [0, 0.05) is 45.0 Å². The highest BCUT2D eigenvalue weighted by Gasteiger charge is 2.32. The van der Waals surface area contributed by atoms with Crippen LogP contribution in [0, 0.1) is 17.6 Å². The van der Waals surface area contributed by atoms with Crippen molar-refractivity contribution >= 4 is 17.5 Å². The van der Waals surface area contributed by atoms with Crippen LogP contribution in [-0.2, 0) is 16.0 Å². The molecule has 0 aromatic heterocycles. The number of hydrogen-bond acceptors (Lipinski definition) is 3. The quantitative estimate of drug-likeness (QED) is 0.730. The summed E-state index contributed by atoms with van der Waals surface area (Å²) in [7, 11) is 0. The summed E-state index contributed by atoms with van der Waals surface area (Å²) in [5, 5.41) is 0. The number of hydrogen-bond donors (Lipinski definition) is 0. The van der Waals surface area contributed by atoms with Gasteiger partial charge in [-0.15, -0.1) is 0 Å². The molecular weight excluding hydrogens is 412 g/mol. The van der Waals surface area contributed by atoms with Crippen molar-refractivity contribution in [1.29, 1.82) is 0 Å². The third-order valence-corrected chi connectivity index (χ3v) is 6.39. The summed E-state index contributed by atoms with van der Waals surface area (Å²) in [5.74, 6) is -0.660. The van der Waals surface area contributed by atoms with Crippen LogP contribution in [0.5, 0.6) is 0 Å². The van der Waals surface area contributed by atoms with Gasteiger partial charge >= 0.3 is 0 Å². The Morgan fingerprint density at radius 1 is 0.781 bits per heavy atom. The number of benzene rings is 2. The predicted molar refractivity (Wildman–Crippen MR) is 119 cm³/mol. The zero-order valence-electron chi connectivity index (χ0n) is 18.2. The maximum Gasteiger partial charge on any atom is 0.227 e. The third-order valence-electron chi connectivity index (χ3n) is 6.39. The van der Waals surface area contributed by atoms with Crippen molar-refractivity contribution in [2.45, 2.75) is 25.7 Å². The monoisotopic (exact) mass is 441 g/mol. The van der Waals surface area contributed by atoms with Gasteiger partial charge in [-0.3, -0.25) is 9.59 Å². The predicted octanol–water partition coefficient (Wildman–Crippen LogP) is 3.48. The van der Waals surface area contributed by atoms with E-state index in [1.54, 1.807) is 29.2 Å². The molecule has 1 atom stereocenters. The molecule has 5 nitrogen and oxygen atoms in total. The van der Waals surface area contributed by atoms with Gasteiger partial charge in [-0.25, -0.2) is 8.78 Å². The molecular formula is C25H29F2N3O2. The number of likely N-dealkylation sites (tertiary alicyclic amines) is 1. The van der Waals surface area contributed by atoms with Crippen molar-refractivity contribution in [3.63, 3.8) is 0 Å². The van der Waals surface area contributed by atoms with Crippen molar-refractivity contribution in [1.82, 2.24) is 9.80 Å². The molecule has 2 amide bonds. The number of carbonyl (C=O) groups excluding carboxylic acids is 2. The molecule has 4 rings (SSSR count). The summed E-state index contributed by atoms with van der Waals surface area (Å²) in [5.41, 5.74) is 1.74. The molecule has 0 saturated carbocycles. The average Bonchev–Trinajstić information content (AvgIpc) is 3.07. The van der Waals surface area contributed by atoms with Crippen molar-refractivity contribution < 1.29 is 18.4 Å². The van der Waals surface area contributed by atoms with Crippen molar-refractivity contribution in [2.24, 2.45) is 5.92 Å². The number of carbonyl (C=O) groups is 2. The summed E-state index contributed by atoms with van der Waals surface area (Å²) < 4.78 is 26.3. The van der Waals surface area contributed by atoms with Gasteiger partial charge in [0.2, 0.25) is 11.8 Å². The number of nitrogens with zero attached hydrogens (tertiary/aromatic N) is 3. The highest BCUT2D eigenvalue weighted by atomic mass is 19.1. The topological polar surface area (TPSA) is 43.9 Å². The summed E-state index contributed by atoms with van der Waals surface area (Å²) >= 11 is 0. The van der Waals surface area contributed by atoms with Crippen LogP contribution in [0.1, 0.15) is 24.8 Å². The van der Waals surface area contributed by atoms with Crippen molar-refractivity contribution in [3.8, 4) is 0 Å². The Morgan fingerprint density at radius 3 is 2.16 bits per heavy atom. The standard InChI is InChI=1S/C25H29F2N3O2/c26-21-6-4-19(5-7-21)17-24(31)30-12-1-3-20(18-30)25(32)29-14-2-13-28(15-16-29)23-10-8-22(27)9-11-23/h4-11,20H,1-3,12-18H2. The van der Waals surface area contributed by atoms with Gasteiger partial charge in [0.15, 0.2) is 0 Å². The summed E-state index contributed by atoms with van der Waals surface area (Å²) in [6, 6.07) is 12.5. The Bertz CT molecular complexity index is 933. The molecule has 2 fully saturated rings. The largest absolute Gasteiger partial charge is 0.370 e. The van der Waals surface area contributed by atoms with Crippen LogP contribution in [0.25, 0.3) is 0 Å². The molecule has 2 saturated heterocycles. The van der Waals surface area contributed by atoms with E-state index in [2.05, 4.69) is 4.90 Å². The fraction of sp³-hybridized carbons (Fsp3) is 0.440. The number of anilines is 1. The molecule has 7 heteroatoms. The van der Waals surface area contributed by atoms with Crippen molar-refractivity contribution in [3.05, 3.63) is 65.7 Å². The molecule has 0 spiro atoms. The van der Waals surface area contributed by atoms with E-state index in [4.69, 9.17) is 0 Å². The molecule has 2 aromatic carbocycles. The van der Waals surface area contributed by atoms with Gasteiger partial charge in [0.05, 0.1) is 12.3 Å². The molecule has 0 N–H and O–H groups in total. The first-order valence-corrected chi connectivity index (χ1v) is 11.3. The Kier molecular flexibility index (Phi) is 7.02. The fourth-order valence-electron chi connectivity index (χ4n) is 4.60. The van der Waals surface area contributed by atoms with Crippen molar-refractivity contribution in [2.75, 3.05) is 44.2 Å². The smallest absolute Gasteiger partial charge is 0.227 e. The lowest BCUT2D eigenvalue weighted by molar-refractivity contribution is -0.140. The SMILES string of the molecule is O=C(Cc1ccc(F)cc1)N1CCCC(C(=O)N2CCCN(c3ccc(F)cc3)CC2)C1. The first-order valence-electron chi connectivity index (χ1n) is 11.3. The number of piperidine rings is 1. The lowest BCUT2D eigenvalue weighted by Gasteiger charge is -2.35. The third kappa shape index (κ3) is 5.44. The summed E-state index contributed by atoms with van der Waals surface area (Å²) in [4.78, 5) is 31.9. The van der Waals surface area contributed by atoms with E-state index in [1.165, 1.54) is 24.3 Å². The van der Waals surface area contributed by atoms with Crippen LogP contribution in [0.2, 0.25) is 0 Å². The average molecular weight is 442 g/mol. The second-order valence-corrected chi connectivity index (χ2v) is 8.62. The second-order valence-electron chi connectivity index (χ2n) is 8.62. The highest BCUT2D eigenvalue weighted by Crippen LogP contribution is 2.22. The van der Waals surface area contributed by atoms with Gasteiger partial charge in [0.25, 0.3) is 0 Å². The van der Waals surface area contributed by atoms with E-state index in [-0.39, 0.29) is 35.8 Å². The van der Waals surface area contributed by atoms with Gasteiger partial charge < -0.3 is 14.7 Å². The lowest BCUT2D eigenvalue weighted by Crippen LogP contribution is -2.47. The molecule has 0 aliphatic carbocycles. The van der Waals surface area contributed by atoms with E-state index in [9.17, 15) is 18.4 Å².